The van der Waals surface area contributed by atoms with Crippen LogP contribution in [0.5, 0.6) is 0 Å². The molecule has 0 spiro atoms. The summed E-state index contributed by atoms with van der Waals surface area (Å²) in [6, 6.07) is 17.2. The van der Waals surface area contributed by atoms with Gasteiger partial charge in [0.25, 0.3) is 5.56 Å². The Labute approximate surface area is 192 Å². The zero-order valence-electron chi connectivity index (χ0n) is 19.3. The Morgan fingerprint density at radius 1 is 0.909 bits per heavy atom. The van der Waals surface area contributed by atoms with Crippen molar-refractivity contribution in [2.75, 3.05) is 0 Å². The summed E-state index contributed by atoms with van der Waals surface area (Å²) in [5.74, 6) is 0.476. The molecule has 2 aromatic carbocycles. The molecular weight excluding hydrogens is 412 g/mol. The largest absolute Gasteiger partial charge is 0.294 e. The van der Waals surface area contributed by atoms with Crippen LogP contribution in [0.15, 0.2) is 65.7 Å². The van der Waals surface area contributed by atoms with Crippen LogP contribution in [0.3, 0.4) is 0 Å². The summed E-state index contributed by atoms with van der Waals surface area (Å²) in [5.41, 5.74) is 5.07. The molecule has 4 aromatic rings. The molecule has 0 saturated carbocycles. The standard InChI is InChI=1S/C27H26N4O2/c1-17-9-8-12-22(18(17)2)31-25(28-16-29-31)21-13-20-23(14-27(3,4)15-24(20)32)30(26(21)33)19-10-6-5-7-11-19/h5-13,16H,14-15H2,1-4H3. The number of benzene rings is 2. The Morgan fingerprint density at radius 2 is 1.67 bits per heavy atom. The molecule has 0 radical (unpaired) electrons. The van der Waals surface area contributed by atoms with Crippen LogP contribution in [0.25, 0.3) is 22.8 Å². The maximum absolute atomic E-state index is 14.0. The summed E-state index contributed by atoms with van der Waals surface area (Å²) in [7, 11) is 0. The number of fused-ring (bicyclic) bond motifs is 1. The highest BCUT2D eigenvalue weighted by Crippen LogP contribution is 2.36. The summed E-state index contributed by atoms with van der Waals surface area (Å²) in [5, 5.41) is 4.43. The highest BCUT2D eigenvalue weighted by atomic mass is 16.1. The SMILES string of the molecule is Cc1cccc(-n2ncnc2-c2cc3c(n(-c4ccccc4)c2=O)CC(C)(C)CC3=O)c1C. The van der Waals surface area contributed by atoms with Crippen molar-refractivity contribution < 1.29 is 4.79 Å². The van der Waals surface area contributed by atoms with Crippen LogP contribution in [-0.4, -0.2) is 25.1 Å². The van der Waals surface area contributed by atoms with Crippen molar-refractivity contribution in [3.8, 4) is 22.8 Å². The minimum atomic E-state index is -0.215. The van der Waals surface area contributed by atoms with E-state index in [4.69, 9.17) is 0 Å². The van der Waals surface area contributed by atoms with Crippen molar-refractivity contribution in [1.29, 1.82) is 0 Å². The number of ketones is 1. The number of nitrogens with zero attached hydrogens (tertiary/aromatic N) is 4. The van der Waals surface area contributed by atoms with Crippen LogP contribution in [0.2, 0.25) is 0 Å². The summed E-state index contributed by atoms with van der Waals surface area (Å²) in [4.78, 5) is 31.6. The quantitative estimate of drug-likeness (QED) is 0.458. The number of Topliss-reactive ketones (excluding diaryl/α,β-unsaturated/α-hetero) is 1. The average molecular weight is 439 g/mol. The number of rotatable bonds is 3. The first-order valence-electron chi connectivity index (χ1n) is 11.1. The van der Waals surface area contributed by atoms with E-state index in [1.165, 1.54) is 6.33 Å². The van der Waals surface area contributed by atoms with E-state index in [2.05, 4.69) is 23.9 Å². The van der Waals surface area contributed by atoms with Crippen LogP contribution in [0.4, 0.5) is 0 Å². The highest BCUT2D eigenvalue weighted by Gasteiger charge is 2.35. The van der Waals surface area contributed by atoms with Gasteiger partial charge >= 0.3 is 0 Å². The van der Waals surface area contributed by atoms with E-state index < -0.39 is 0 Å². The molecule has 33 heavy (non-hydrogen) atoms. The van der Waals surface area contributed by atoms with Gasteiger partial charge in [-0.2, -0.15) is 5.10 Å². The third-order valence-corrected chi connectivity index (χ3v) is 6.50. The van der Waals surface area contributed by atoms with E-state index in [0.717, 1.165) is 28.2 Å². The highest BCUT2D eigenvalue weighted by molar-refractivity contribution is 5.99. The van der Waals surface area contributed by atoms with Crippen molar-refractivity contribution in [1.82, 2.24) is 19.3 Å². The predicted octanol–water partition coefficient (Wildman–Crippen LogP) is 4.86. The Bertz CT molecular complexity index is 1440. The number of para-hydroxylation sites is 1. The van der Waals surface area contributed by atoms with E-state index >= 15 is 0 Å². The van der Waals surface area contributed by atoms with Crippen LogP contribution in [0, 0.1) is 19.3 Å². The fourth-order valence-corrected chi connectivity index (χ4v) is 4.69. The number of carbonyl (C=O) groups excluding carboxylic acids is 1. The third kappa shape index (κ3) is 3.52. The molecule has 0 fully saturated rings. The van der Waals surface area contributed by atoms with Crippen LogP contribution < -0.4 is 5.56 Å². The van der Waals surface area contributed by atoms with Crippen molar-refractivity contribution in [2.24, 2.45) is 5.41 Å². The third-order valence-electron chi connectivity index (χ3n) is 6.50. The number of aryl methyl sites for hydroxylation is 1. The summed E-state index contributed by atoms with van der Waals surface area (Å²) in [6.07, 6.45) is 2.53. The molecule has 0 N–H and O–H groups in total. The minimum Gasteiger partial charge on any atom is -0.294 e. The summed E-state index contributed by atoms with van der Waals surface area (Å²) in [6.45, 7) is 8.20. The molecule has 0 atom stereocenters. The number of hydrogen-bond acceptors (Lipinski definition) is 4. The monoisotopic (exact) mass is 438 g/mol. The number of carbonyl (C=O) groups is 1. The van der Waals surface area contributed by atoms with Gasteiger partial charge in [0.1, 0.15) is 6.33 Å². The van der Waals surface area contributed by atoms with Gasteiger partial charge in [-0.15, -0.1) is 0 Å². The minimum absolute atomic E-state index is 0.0463. The van der Waals surface area contributed by atoms with Gasteiger partial charge in [-0.25, -0.2) is 9.67 Å². The Kier molecular flexibility index (Phi) is 4.89. The van der Waals surface area contributed by atoms with Gasteiger partial charge in [0.05, 0.1) is 11.3 Å². The Hall–Kier alpha value is -3.80. The van der Waals surface area contributed by atoms with E-state index in [0.29, 0.717) is 29.8 Å². The van der Waals surface area contributed by atoms with Gasteiger partial charge in [-0.1, -0.05) is 44.2 Å². The molecule has 6 heteroatoms. The van der Waals surface area contributed by atoms with Crippen LogP contribution in [0.1, 0.15) is 47.4 Å². The molecule has 166 valence electrons. The molecule has 6 nitrogen and oxygen atoms in total. The lowest BCUT2D eigenvalue weighted by Crippen LogP contribution is -2.35. The molecule has 0 aliphatic heterocycles. The topological polar surface area (TPSA) is 69.8 Å². The number of aromatic nitrogens is 4. The lowest BCUT2D eigenvalue weighted by Gasteiger charge is -2.32. The first kappa shape index (κ1) is 21.1. The number of hydrogen-bond donors (Lipinski definition) is 0. The van der Waals surface area contributed by atoms with E-state index in [1.54, 1.807) is 15.3 Å². The number of pyridine rings is 1. The van der Waals surface area contributed by atoms with Gasteiger partial charge < -0.3 is 0 Å². The molecule has 2 heterocycles. The zero-order chi connectivity index (χ0) is 23.3. The molecular formula is C27H26N4O2. The van der Waals surface area contributed by atoms with E-state index in [1.807, 2.05) is 62.4 Å². The second kappa shape index (κ2) is 7.66. The second-order valence-electron chi connectivity index (χ2n) is 9.55. The van der Waals surface area contributed by atoms with E-state index in [9.17, 15) is 9.59 Å². The lowest BCUT2D eigenvalue weighted by atomic mass is 9.75. The molecule has 0 bridgehead atoms. The average Bonchev–Trinajstić information content (AvgIpc) is 3.24. The lowest BCUT2D eigenvalue weighted by molar-refractivity contribution is 0.0909. The fourth-order valence-electron chi connectivity index (χ4n) is 4.69. The summed E-state index contributed by atoms with van der Waals surface area (Å²) >= 11 is 0. The molecule has 1 aliphatic rings. The van der Waals surface area contributed by atoms with E-state index in [-0.39, 0.29) is 16.8 Å². The van der Waals surface area contributed by atoms with Gasteiger partial charge in [-0.05, 0) is 61.1 Å². The van der Waals surface area contributed by atoms with Gasteiger partial charge in [0, 0.05) is 23.4 Å². The second-order valence-corrected chi connectivity index (χ2v) is 9.55. The molecule has 0 saturated heterocycles. The Balaban J connectivity index is 1.82. The molecule has 2 aromatic heterocycles. The molecule has 5 rings (SSSR count). The first-order chi connectivity index (χ1) is 15.8. The molecule has 0 unspecified atom stereocenters. The van der Waals surface area contributed by atoms with Gasteiger partial charge in [0.2, 0.25) is 0 Å². The maximum Gasteiger partial charge on any atom is 0.266 e. The molecule has 1 aliphatic carbocycles. The zero-order valence-corrected chi connectivity index (χ0v) is 19.3. The summed E-state index contributed by atoms with van der Waals surface area (Å²) < 4.78 is 3.38. The van der Waals surface area contributed by atoms with Crippen LogP contribution in [-0.2, 0) is 6.42 Å². The first-order valence-corrected chi connectivity index (χ1v) is 11.1. The Morgan fingerprint density at radius 3 is 2.42 bits per heavy atom. The normalized spacial score (nSPS) is 14.8. The van der Waals surface area contributed by atoms with Crippen molar-refractivity contribution in [2.45, 2.75) is 40.5 Å². The van der Waals surface area contributed by atoms with Crippen molar-refractivity contribution in [3.05, 3.63) is 93.7 Å². The van der Waals surface area contributed by atoms with Crippen molar-refractivity contribution in [3.63, 3.8) is 0 Å². The van der Waals surface area contributed by atoms with Gasteiger partial charge in [0.15, 0.2) is 11.6 Å². The van der Waals surface area contributed by atoms with Crippen LogP contribution >= 0.6 is 0 Å². The van der Waals surface area contributed by atoms with Crippen molar-refractivity contribution >= 4 is 5.78 Å². The maximum atomic E-state index is 14.0. The predicted molar refractivity (Wildman–Crippen MR) is 128 cm³/mol. The van der Waals surface area contributed by atoms with Gasteiger partial charge in [-0.3, -0.25) is 14.2 Å². The molecule has 0 amide bonds. The smallest absolute Gasteiger partial charge is 0.266 e. The fraction of sp³-hybridized carbons (Fsp3) is 0.259.